The van der Waals surface area contributed by atoms with Crippen LogP contribution in [0.5, 0.6) is 0 Å². The summed E-state index contributed by atoms with van der Waals surface area (Å²) in [5.74, 6) is -3.43. The number of carbonyl (C=O) groups is 2. The van der Waals surface area contributed by atoms with Crippen LogP contribution in [0.15, 0.2) is 17.1 Å². The van der Waals surface area contributed by atoms with Gasteiger partial charge in [0.25, 0.3) is 0 Å². The number of halogens is 2. The summed E-state index contributed by atoms with van der Waals surface area (Å²) in [4.78, 5) is 33.8. The fourth-order valence-corrected chi connectivity index (χ4v) is 2.63. The molecule has 2 aromatic rings. The molecule has 1 aromatic heterocycles. The van der Waals surface area contributed by atoms with Crippen molar-refractivity contribution in [3.63, 3.8) is 0 Å². The van der Waals surface area contributed by atoms with E-state index in [1.54, 1.807) is 13.8 Å². The van der Waals surface area contributed by atoms with Crippen LogP contribution in [0.3, 0.4) is 0 Å². The number of carboxylic acids is 1. The summed E-state index contributed by atoms with van der Waals surface area (Å²) < 4.78 is 30.5. The Bertz CT molecular complexity index is 911. The second kappa shape index (κ2) is 8.05. The SMILES string of the molecule is CCn1cc(C(=O)O)c(=O)c2cc(F)c(NCC(C)NCC=O)c(F)c21. The number of pyridine rings is 1. The molecule has 0 amide bonds. The van der Waals surface area contributed by atoms with Gasteiger partial charge < -0.3 is 25.1 Å². The van der Waals surface area contributed by atoms with Crippen molar-refractivity contribution in [1.82, 2.24) is 9.88 Å². The highest BCUT2D eigenvalue weighted by Gasteiger charge is 2.21. The Morgan fingerprint density at radius 2 is 2.12 bits per heavy atom. The zero-order valence-corrected chi connectivity index (χ0v) is 14.3. The van der Waals surface area contributed by atoms with Crippen LogP contribution in [0.4, 0.5) is 14.5 Å². The van der Waals surface area contributed by atoms with Crippen LogP contribution < -0.4 is 16.1 Å². The van der Waals surface area contributed by atoms with Crippen molar-refractivity contribution in [3.05, 3.63) is 39.7 Å². The van der Waals surface area contributed by atoms with E-state index in [0.29, 0.717) is 6.29 Å². The lowest BCUT2D eigenvalue weighted by molar-refractivity contribution is -0.107. The van der Waals surface area contributed by atoms with E-state index in [1.165, 1.54) is 4.57 Å². The molecule has 0 saturated carbocycles. The number of nitrogens with zero attached hydrogens (tertiary/aromatic N) is 1. The molecule has 3 N–H and O–H groups in total. The Balaban J connectivity index is 2.55. The second-order valence-electron chi connectivity index (χ2n) is 5.76. The second-order valence-corrected chi connectivity index (χ2v) is 5.76. The molecule has 0 aliphatic carbocycles. The smallest absolute Gasteiger partial charge is 0.341 e. The van der Waals surface area contributed by atoms with Crippen molar-refractivity contribution in [3.8, 4) is 0 Å². The van der Waals surface area contributed by atoms with Gasteiger partial charge in [-0.05, 0) is 19.9 Å². The van der Waals surface area contributed by atoms with Gasteiger partial charge in [-0.1, -0.05) is 0 Å². The predicted molar refractivity (Wildman–Crippen MR) is 92.8 cm³/mol. The van der Waals surface area contributed by atoms with Gasteiger partial charge in [0.1, 0.15) is 23.4 Å². The fourth-order valence-electron chi connectivity index (χ4n) is 2.63. The van der Waals surface area contributed by atoms with Crippen molar-refractivity contribution in [1.29, 1.82) is 0 Å². The van der Waals surface area contributed by atoms with Crippen molar-refractivity contribution in [2.45, 2.75) is 26.4 Å². The van der Waals surface area contributed by atoms with E-state index >= 15 is 0 Å². The molecule has 0 aliphatic heterocycles. The molecule has 0 radical (unpaired) electrons. The number of aromatic nitrogens is 1. The topological polar surface area (TPSA) is 100 Å². The molecule has 26 heavy (non-hydrogen) atoms. The Kier molecular flexibility index (Phi) is 6.04. The van der Waals surface area contributed by atoms with Crippen LogP contribution >= 0.6 is 0 Å². The lowest BCUT2D eigenvalue weighted by Crippen LogP contribution is -2.34. The first-order chi connectivity index (χ1) is 12.3. The molecule has 0 spiro atoms. The van der Waals surface area contributed by atoms with Gasteiger partial charge >= 0.3 is 5.97 Å². The molecule has 140 valence electrons. The number of fused-ring (bicyclic) bond motifs is 1. The first-order valence-electron chi connectivity index (χ1n) is 8.01. The van der Waals surface area contributed by atoms with Crippen LogP contribution in [0.1, 0.15) is 24.2 Å². The summed E-state index contributed by atoms with van der Waals surface area (Å²) in [5, 5.41) is 14.2. The van der Waals surface area contributed by atoms with E-state index in [9.17, 15) is 23.2 Å². The van der Waals surface area contributed by atoms with Crippen molar-refractivity contribution in [2.75, 3.05) is 18.4 Å². The maximum atomic E-state index is 14.9. The fraction of sp³-hybridized carbons (Fsp3) is 0.353. The lowest BCUT2D eigenvalue weighted by atomic mass is 10.1. The molecule has 0 aliphatic rings. The van der Waals surface area contributed by atoms with Gasteiger partial charge in [0.2, 0.25) is 5.43 Å². The zero-order chi connectivity index (χ0) is 19.4. The number of benzene rings is 1. The number of hydrogen-bond acceptors (Lipinski definition) is 5. The largest absolute Gasteiger partial charge is 0.477 e. The summed E-state index contributed by atoms with van der Waals surface area (Å²) in [6, 6.07) is 0.600. The summed E-state index contributed by atoms with van der Waals surface area (Å²) in [5.41, 5.74) is -2.07. The lowest BCUT2D eigenvalue weighted by Gasteiger charge is -2.17. The predicted octanol–water partition coefficient (Wildman–Crippen LogP) is 1.59. The van der Waals surface area contributed by atoms with Crippen molar-refractivity contribution >= 4 is 28.8 Å². The number of nitrogens with one attached hydrogen (secondary N) is 2. The summed E-state index contributed by atoms with van der Waals surface area (Å²) in [7, 11) is 0. The summed E-state index contributed by atoms with van der Waals surface area (Å²) >= 11 is 0. The monoisotopic (exact) mass is 367 g/mol. The van der Waals surface area contributed by atoms with Crippen LogP contribution in [0, 0.1) is 11.6 Å². The maximum Gasteiger partial charge on any atom is 0.341 e. The molecule has 0 saturated heterocycles. The molecule has 2 rings (SSSR count). The quantitative estimate of drug-likeness (QED) is 0.613. The third-order valence-electron chi connectivity index (χ3n) is 3.96. The molecular weight excluding hydrogens is 348 g/mol. The number of aryl methyl sites for hydroxylation is 1. The van der Waals surface area contributed by atoms with E-state index in [0.717, 1.165) is 12.3 Å². The molecule has 1 unspecified atom stereocenters. The molecule has 0 fully saturated rings. The molecule has 1 heterocycles. The number of carboxylic acid groups (broad SMARTS) is 1. The minimum atomic E-state index is -1.46. The number of carbonyl (C=O) groups excluding carboxylic acids is 1. The molecule has 0 bridgehead atoms. The normalized spacial score (nSPS) is 12.2. The van der Waals surface area contributed by atoms with E-state index in [4.69, 9.17) is 5.11 Å². The van der Waals surface area contributed by atoms with Crippen LogP contribution in [0.25, 0.3) is 10.9 Å². The van der Waals surface area contributed by atoms with Gasteiger partial charge in [-0.2, -0.15) is 0 Å². The molecular formula is C17H19F2N3O4. The summed E-state index contributed by atoms with van der Waals surface area (Å²) in [6.07, 6.45) is 1.72. The number of rotatable bonds is 8. The highest BCUT2D eigenvalue weighted by molar-refractivity contribution is 5.93. The Labute approximate surface area is 147 Å². The first kappa shape index (κ1) is 19.5. The number of anilines is 1. The van der Waals surface area contributed by atoms with Gasteiger partial charge in [-0.3, -0.25) is 4.79 Å². The minimum Gasteiger partial charge on any atom is -0.477 e. The third kappa shape index (κ3) is 3.72. The van der Waals surface area contributed by atoms with Crippen LogP contribution in [-0.4, -0.2) is 41.1 Å². The van der Waals surface area contributed by atoms with E-state index in [1.807, 2.05) is 0 Å². The highest BCUT2D eigenvalue weighted by Crippen LogP contribution is 2.27. The zero-order valence-electron chi connectivity index (χ0n) is 14.3. The molecule has 1 aromatic carbocycles. The Morgan fingerprint density at radius 1 is 1.42 bits per heavy atom. The van der Waals surface area contributed by atoms with Crippen LogP contribution in [0.2, 0.25) is 0 Å². The van der Waals surface area contributed by atoms with E-state index < -0.39 is 34.3 Å². The number of hydrogen-bond donors (Lipinski definition) is 3. The van der Waals surface area contributed by atoms with E-state index in [-0.39, 0.29) is 36.6 Å². The number of aldehydes is 1. The third-order valence-corrected chi connectivity index (χ3v) is 3.96. The van der Waals surface area contributed by atoms with E-state index in [2.05, 4.69) is 10.6 Å². The van der Waals surface area contributed by atoms with Crippen LogP contribution in [-0.2, 0) is 11.3 Å². The van der Waals surface area contributed by atoms with Crippen molar-refractivity contribution in [2.24, 2.45) is 0 Å². The van der Waals surface area contributed by atoms with Gasteiger partial charge in [-0.25, -0.2) is 13.6 Å². The number of aromatic carboxylic acids is 1. The molecule has 1 atom stereocenters. The Morgan fingerprint density at radius 3 is 2.69 bits per heavy atom. The first-order valence-corrected chi connectivity index (χ1v) is 8.01. The van der Waals surface area contributed by atoms with Crippen molar-refractivity contribution < 1.29 is 23.5 Å². The molecule has 9 heteroatoms. The minimum absolute atomic E-state index is 0.110. The average molecular weight is 367 g/mol. The van der Waals surface area contributed by atoms with Gasteiger partial charge in [0.15, 0.2) is 5.82 Å². The van der Waals surface area contributed by atoms with Gasteiger partial charge in [0, 0.05) is 25.3 Å². The summed E-state index contributed by atoms with van der Waals surface area (Å²) in [6.45, 7) is 3.82. The van der Waals surface area contributed by atoms with Gasteiger partial charge in [0.05, 0.1) is 17.4 Å². The highest BCUT2D eigenvalue weighted by atomic mass is 19.1. The van der Waals surface area contributed by atoms with Gasteiger partial charge in [-0.15, -0.1) is 0 Å². The standard InChI is InChI=1S/C17H19F2N3O4/c1-3-22-8-11(17(25)26)16(24)10-6-12(18)14(13(19)15(10)22)21-7-9(2)20-4-5-23/h5-6,8-9,20-21H,3-4,7H2,1-2H3,(H,25,26). The average Bonchev–Trinajstić information content (AvgIpc) is 2.60. The molecule has 7 nitrogen and oxygen atoms in total. The Hall–Kier alpha value is -2.81. The maximum absolute atomic E-state index is 14.9.